The summed E-state index contributed by atoms with van der Waals surface area (Å²) in [7, 11) is 3.74. The van der Waals surface area contributed by atoms with Crippen molar-refractivity contribution >= 4 is 0 Å². The Kier molecular flexibility index (Phi) is 5.57. The van der Waals surface area contributed by atoms with Gasteiger partial charge in [-0.25, -0.2) is 0 Å². The van der Waals surface area contributed by atoms with Crippen LogP contribution in [0, 0.1) is 6.92 Å². The topological polar surface area (TPSA) is 25.6 Å². The molecule has 0 aliphatic rings. The van der Waals surface area contributed by atoms with Crippen LogP contribution in [0.1, 0.15) is 18.4 Å². The number of hydrogen-bond acceptors (Lipinski definition) is 3. The molecule has 0 radical (unpaired) electrons. The zero-order chi connectivity index (χ0) is 12.7. The first kappa shape index (κ1) is 13.6. The van der Waals surface area contributed by atoms with E-state index in [1.807, 2.05) is 38.1 Å². The van der Waals surface area contributed by atoms with Crippen LogP contribution in [0.3, 0.4) is 0 Å². The highest BCUT2D eigenvalue weighted by Gasteiger charge is 2.01. The Morgan fingerprint density at radius 2 is 2.24 bits per heavy atom. The second kappa shape index (κ2) is 6.97. The fraction of sp³-hybridized carbons (Fsp3) is 0.429. The average Bonchev–Trinajstić information content (AvgIpc) is 2.69. The van der Waals surface area contributed by atoms with Gasteiger partial charge in [-0.3, -0.25) is 4.90 Å². The number of hydrogen-bond donors (Lipinski definition) is 0. The molecule has 17 heavy (non-hydrogen) atoms. The molecule has 0 fully saturated rings. The van der Waals surface area contributed by atoms with Crippen LogP contribution in [0.4, 0.5) is 0 Å². The molecule has 0 aromatic carbocycles. The third-order valence-corrected chi connectivity index (χ3v) is 2.43. The molecule has 1 aromatic rings. The van der Waals surface area contributed by atoms with E-state index < -0.39 is 0 Å². The summed E-state index contributed by atoms with van der Waals surface area (Å²) in [6, 6.07) is 4.01. The smallest absolute Gasteiger partial charge is 0.118 e. The van der Waals surface area contributed by atoms with Crippen molar-refractivity contribution in [3.8, 4) is 0 Å². The zero-order valence-electron chi connectivity index (χ0n) is 11.1. The number of allylic oxidation sites excluding steroid dienone is 3. The van der Waals surface area contributed by atoms with Gasteiger partial charge >= 0.3 is 0 Å². The fourth-order valence-electron chi connectivity index (χ4n) is 1.41. The molecule has 0 aliphatic carbocycles. The molecular weight excluding hydrogens is 214 g/mol. The van der Waals surface area contributed by atoms with Crippen LogP contribution in [-0.2, 0) is 11.3 Å². The molecule has 0 unspecified atom stereocenters. The Labute approximate surface area is 103 Å². The van der Waals surface area contributed by atoms with Crippen molar-refractivity contribution in [2.24, 2.45) is 0 Å². The van der Waals surface area contributed by atoms with Crippen molar-refractivity contribution in [1.82, 2.24) is 4.90 Å². The average molecular weight is 235 g/mol. The van der Waals surface area contributed by atoms with Gasteiger partial charge < -0.3 is 9.15 Å². The van der Waals surface area contributed by atoms with Crippen LogP contribution in [0.25, 0.3) is 0 Å². The Balaban J connectivity index is 2.33. The number of likely N-dealkylation sites (N-methyl/N-ethyl adjacent to an activating group) is 1. The second-order valence-electron chi connectivity index (χ2n) is 4.12. The van der Waals surface area contributed by atoms with Crippen LogP contribution >= 0.6 is 0 Å². The minimum atomic E-state index is 0.825. The summed E-state index contributed by atoms with van der Waals surface area (Å²) < 4.78 is 10.6. The van der Waals surface area contributed by atoms with E-state index in [2.05, 4.69) is 18.0 Å². The van der Waals surface area contributed by atoms with Crippen molar-refractivity contribution in [2.75, 3.05) is 20.7 Å². The minimum absolute atomic E-state index is 0.825. The lowest BCUT2D eigenvalue weighted by molar-refractivity contribution is 0.293. The largest absolute Gasteiger partial charge is 0.501 e. The Bertz CT molecular complexity index is 391. The molecule has 0 saturated carbocycles. The molecule has 0 bridgehead atoms. The third kappa shape index (κ3) is 5.41. The molecule has 0 aliphatic heterocycles. The summed E-state index contributed by atoms with van der Waals surface area (Å²) in [6.45, 7) is 5.60. The third-order valence-electron chi connectivity index (χ3n) is 2.43. The maximum Gasteiger partial charge on any atom is 0.118 e. The van der Waals surface area contributed by atoms with Crippen LogP contribution in [-0.4, -0.2) is 25.6 Å². The van der Waals surface area contributed by atoms with E-state index in [4.69, 9.17) is 9.15 Å². The van der Waals surface area contributed by atoms with E-state index >= 15 is 0 Å². The normalized spacial score (nSPS) is 12.6. The van der Waals surface area contributed by atoms with Crippen molar-refractivity contribution in [2.45, 2.75) is 20.4 Å². The maximum atomic E-state index is 5.52. The molecule has 1 heterocycles. The van der Waals surface area contributed by atoms with Gasteiger partial charge in [-0.2, -0.15) is 0 Å². The Hall–Kier alpha value is -1.48. The molecule has 1 rings (SSSR count). The second-order valence-corrected chi connectivity index (χ2v) is 4.12. The summed E-state index contributed by atoms with van der Waals surface area (Å²) in [5.41, 5.74) is 0. The summed E-state index contributed by atoms with van der Waals surface area (Å²) in [5, 5.41) is 0. The molecule has 3 nitrogen and oxygen atoms in total. The number of rotatable bonds is 6. The molecule has 0 amide bonds. The zero-order valence-corrected chi connectivity index (χ0v) is 11.1. The number of ether oxygens (including phenoxy) is 1. The molecule has 3 heteroatoms. The van der Waals surface area contributed by atoms with Gasteiger partial charge in [0.15, 0.2) is 0 Å². The summed E-state index contributed by atoms with van der Waals surface area (Å²) in [6.07, 6.45) is 6.05. The molecular formula is C14H21NO2. The lowest BCUT2D eigenvalue weighted by Gasteiger charge is -2.11. The monoisotopic (exact) mass is 235 g/mol. The molecule has 1 aromatic heterocycles. The SMILES string of the molecule is CO/C(C)=C\C=C\CN(C)Cc1ccc(C)o1. The standard InChI is InChI=1S/C14H21NO2/c1-12(16-4)7-5-6-10-15(3)11-14-9-8-13(2)17-14/h5-9H,10-11H2,1-4H3/b6-5+,12-7-. The van der Waals surface area contributed by atoms with Gasteiger partial charge in [-0.1, -0.05) is 12.2 Å². The first-order valence-corrected chi connectivity index (χ1v) is 5.73. The van der Waals surface area contributed by atoms with E-state index in [0.29, 0.717) is 0 Å². The van der Waals surface area contributed by atoms with Gasteiger partial charge in [0.2, 0.25) is 0 Å². The molecule has 94 valence electrons. The highest BCUT2D eigenvalue weighted by Crippen LogP contribution is 2.08. The van der Waals surface area contributed by atoms with Crippen LogP contribution in [0.2, 0.25) is 0 Å². The highest BCUT2D eigenvalue weighted by atomic mass is 16.5. The van der Waals surface area contributed by atoms with Crippen LogP contribution < -0.4 is 0 Å². The number of nitrogens with zero attached hydrogens (tertiary/aromatic N) is 1. The predicted molar refractivity (Wildman–Crippen MR) is 69.7 cm³/mol. The number of methoxy groups -OCH3 is 1. The Morgan fingerprint density at radius 1 is 1.47 bits per heavy atom. The van der Waals surface area contributed by atoms with E-state index in [0.717, 1.165) is 30.4 Å². The molecule has 0 spiro atoms. The van der Waals surface area contributed by atoms with Gasteiger partial charge in [0.25, 0.3) is 0 Å². The van der Waals surface area contributed by atoms with Crippen LogP contribution in [0.15, 0.2) is 40.5 Å². The quantitative estimate of drug-likeness (QED) is 0.559. The molecule has 0 saturated heterocycles. The van der Waals surface area contributed by atoms with E-state index in [-0.39, 0.29) is 0 Å². The van der Waals surface area contributed by atoms with E-state index in [1.165, 1.54) is 0 Å². The molecule has 0 N–H and O–H groups in total. The van der Waals surface area contributed by atoms with Crippen molar-refractivity contribution in [3.63, 3.8) is 0 Å². The summed E-state index contributed by atoms with van der Waals surface area (Å²) in [5.74, 6) is 2.87. The first-order chi connectivity index (χ1) is 8.11. The van der Waals surface area contributed by atoms with Gasteiger partial charge in [-0.15, -0.1) is 0 Å². The van der Waals surface area contributed by atoms with Gasteiger partial charge in [0, 0.05) is 6.54 Å². The van der Waals surface area contributed by atoms with E-state index in [1.54, 1.807) is 7.11 Å². The Morgan fingerprint density at radius 3 is 2.82 bits per heavy atom. The van der Waals surface area contributed by atoms with E-state index in [9.17, 15) is 0 Å². The number of furan rings is 1. The maximum absolute atomic E-state index is 5.52. The van der Waals surface area contributed by atoms with Gasteiger partial charge in [0.1, 0.15) is 11.5 Å². The van der Waals surface area contributed by atoms with Crippen molar-refractivity contribution in [3.05, 3.63) is 47.6 Å². The van der Waals surface area contributed by atoms with Crippen molar-refractivity contribution in [1.29, 1.82) is 0 Å². The highest BCUT2D eigenvalue weighted by molar-refractivity contribution is 5.07. The van der Waals surface area contributed by atoms with Gasteiger partial charge in [-0.05, 0) is 39.1 Å². The van der Waals surface area contributed by atoms with Crippen molar-refractivity contribution < 1.29 is 9.15 Å². The van der Waals surface area contributed by atoms with Crippen LogP contribution in [0.5, 0.6) is 0 Å². The molecule has 0 atom stereocenters. The summed E-state index contributed by atoms with van der Waals surface area (Å²) in [4.78, 5) is 2.19. The minimum Gasteiger partial charge on any atom is -0.501 e. The first-order valence-electron chi connectivity index (χ1n) is 5.73. The number of aryl methyl sites for hydroxylation is 1. The lowest BCUT2D eigenvalue weighted by atomic mass is 10.3. The summed E-state index contributed by atoms with van der Waals surface area (Å²) >= 11 is 0. The lowest BCUT2D eigenvalue weighted by Crippen LogP contribution is -2.17. The fourth-order valence-corrected chi connectivity index (χ4v) is 1.41. The predicted octanol–water partition coefficient (Wildman–Crippen LogP) is 3.13. The van der Waals surface area contributed by atoms with Gasteiger partial charge in [0.05, 0.1) is 19.4 Å².